The lowest BCUT2D eigenvalue weighted by Crippen LogP contribution is -2.31. The molecule has 0 saturated carbocycles. The topological polar surface area (TPSA) is 144 Å². The Kier molecular flexibility index (Phi) is 42.2. The number of unbranched alkanes of at least 4 members (excludes halogenated alkanes) is 23. The van der Waals surface area contributed by atoms with Crippen LogP contribution in [0, 0.1) is 11.8 Å². The number of rotatable bonds is 48. The second kappa shape index (κ2) is 46.0. The third-order valence-electron chi connectivity index (χ3n) is 13.0. The maximum Gasteiger partial charge on any atom is 0.311 e. The summed E-state index contributed by atoms with van der Waals surface area (Å²) in [6.07, 6.45) is 43.4. The lowest BCUT2D eigenvalue weighted by atomic mass is 9.96. The highest BCUT2D eigenvalue weighted by Gasteiger charge is 2.22. The Hall–Kier alpha value is -3.86. The molecule has 0 aliphatic carbocycles. The quantitative estimate of drug-likeness (QED) is 0.0219. The first-order chi connectivity index (χ1) is 34.6. The Morgan fingerprint density at radius 3 is 1.24 bits per heavy atom. The molecule has 0 amide bonds. The SMILES string of the molecule is CCCCCCCC/C=C\CCCCCCCC(=O)OCC(COC(=O)CCCCCCC/C=C\CCCCCCCC)OC(=O)CC(C)CCCCC(C)CC(=O)Oc1c(OC)cc(CO)cc1OC. The van der Waals surface area contributed by atoms with Crippen LogP contribution in [0.3, 0.4) is 0 Å². The van der Waals surface area contributed by atoms with E-state index in [2.05, 4.69) is 38.2 Å². The molecule has 0 fully saturated rings. The third kappa shape index (κ3) is 37.5. The minimum Gasteiger partial charge on any atom is -0.493 e. The highest BCUT2D eigenvalue weighted by molar-refractivity contribution is 5.75. The molecule has 11 heteroatoms. The van der Waals surface area contributed by atoms with E-state index in [4.69, 9.17) is 28.4 Å². The molecule has 1 aromatic carbocycles. The zero-order valence-electron chi connectivity index (χ0n) is 45.9. The summed E-state index contributed by atoms with van der Waals surface area (Å²) in [5.41, 5.74) is 0.578. The lowest BCUT2D eigenvalue weighted by molar-refractivity contribution is -0.167. The molecule has 0 aromatic heterocycles. The van der Waals surface area contributed by atoms with E-state index in [0.29, 0.717) is 29.9 Å². The van der Waals surface area contributed by atoms with Crippen molar-refractivity contribution in [1.82, 2.24) is 0 Å². The fourth-order valence-electron chi connectivity index (χ4n) is 8.59. The number of carbonyl (C=O) groups excluding carboxylic acids is 4. The van der Waals surface area contributed by atoms with Crippen molar-refractivity contribution in [2.45, 2.75) is 259 Å². The first-order valence-electron chi connectivity index (χ1n) is 28.4. The highest BCUT2D eigenvalue weighted by atomic mass is 16.6. The number of esters is 4. The van der Waals surface area contributed by atoms with E-state index in [0.717, 1.165) is 103 Å². The number of allylic oxidation sites excluding steroid dienone is 4. The van der Waals surface area contributed by atoms with Gasteiger partial charge in [-0.1, -0.05) is 180 Å². The van der Waals surface area contributed by atoms with E-state index < -0.39 is 18.0 Å². The van der Waals surface area contributed by atoms with Gasteiger partial charge >= 0.3 is 23.9 Å². The molecule has 0 spiro atoms. The number of aliphatic hydroxyl groups is 1. The Morgan fingerprint density at radius 1 is 0.493 bits per heavy atom. The fourth-order valence-corrected chi connectivity index (χ4v) is 8.59. The molecule has 1 N–H and O–H groups in total. The van der Waals surface area contributed by atoms with Gasteiger partial charge in [-0.15, -0.1) is 0 Å². The van der Waals surface area contributed by atoms with Gasteiger partial charge in [-0.3, -0.25) is 19.2 Å². The van der Waals surface area contributed by atoms with Gasteiger partial charge in [0.05, 0.1) is 20.8 Å². The normalized spacial score (nSPS) is 12.4. The molecule has 1 rings (SSSR count). The van der Waals surface area contributed by atoms with E-state index in [1.807, 2.05) is 13.8 Å². The second-order valence-corrected chi connectivity index (χ2v) is 20.0. The Bertz CT molecular complexity index is 1470. The van der Waals surface area contributed by atoms with Crippen LogP contribution in [0.1, 0.15) is 252 Å². The largest absolute Gasteiger partial charge is 0.493 e. The average Bonchev–Trinajstić information content (AvgIpc) is 3.35. The summed E-state index contributed by atoms with van der Waals surface area (Å²) in [6.45, 7) is 7.99. The molecule has 0 heterocycles. The summed E-state index contributed by atoms with van der Waals surface area (Å²) in [5.74, 6) is -0.588. The molecule has 2 atom stereocenters. The van der Waals surface area contributed by atoms with E-state index in [1.165, 1.54) is 104 Å². The van der Waals surface area contributed by atoms with Crippen LogP contribution in [0.25, 0.3) is 0 Å². The molecule has 408 valence electrons. The number of aliphatic hydroxyl groups excluding tert-OH is 1. The van der Waals surface area contributed by atoms with Crippen LogP contribution in [0.4, 0.5) is 0 Å². The number of hydrogen-bond donors (Lipinski definition) is 1. The molecule has 11 nitrogen and oxygen atoms in total. The summed E-state index contributed by atoms with van der Waals surface area (Å²) < 4.78 is 33.3. The summed E-state index contributed by atoms with van der Waals surface area (Å²) in [6, 6.07) is 3.22. The van der Waals surface area contributed by atoms with Crippen molar-refractivity contribution in [3.63, 3.8) is 0 Å². The summed E-state index contributed by atoms with van der Waals surface area (Å²) in [5, 5.41) is 9.54. The smallest absolute Gasteiger partial charge is 0.311 e. The van der Waals surface area contributed by atoms with Crippen LogP contribution in [-0.4, -0.2) is 62.5 Å². The van der Waals surface area contributed by atoms with E-state index in [-0.39, 0.29) is 62.2 Å². The van der Waals surface area contributed by atoms with E-state index in [9.17, 15) is 24.3 Å². The van der Waals surface area contributed by atoms with Crippen molar-refractivity contribution in [3.05, 3.63) is 42.0 Å². The number of hydrogen-bond acceptors (Lipinski definition) is 11. The van der Waals surface area contributed by atoms with Crippen molar-refractivity contribution in [1.29, 1.82) is 0 Å². The molecule has 0 saturated heterocycles. The predicted molar refractivity (Wildman–Crippen MR) is 288 cm³/mol. The third-order valence-corrected chi connectivity index (χ3v) is 13.0. The van der Waals surface area contributed by atoms with Crippen LogP contribution in [-0.2, 0) is 40.0 Å². The zero-order valence-corrected chi connectivity index (χ0v) is 45.9. The number of ether oxygens (including phenoxy) is 6. The first-order valence-corrected chi connectivity index (χ1v) is 28.4. The van der Waals surface area contributed by atoms with Crippen LogP contribution >= 0.6 is 0 Å². The zero-order chi connectivity index (χ0) is 52.0. The minimum atomic E-state index is -0.876. The van der Waals surface area contributed by atoms with Crippen molar-refractivity contribution in [3.8, 4) is 17.2 Å². The van der Waals surface area contributed by atoms with Gasteiger partial charge in [0, 0.05) is 25.7 Å². The first kappa shape index (κ1) is 65.2. The van der Waals surface area contributed by atoms with Crippen molar-refractivity contribution in [2.24, 2.45) is 11.8 Å². The molecule has 0 bridgehead atoms. The van der Waals surface area contributed by atoms with Gasteiger partial charge in [0.15, 0.2) is 17.6 Å². The number of carbonyl (C=O) groups is 4. The Labute approximate surface area is 432 Å². The van der Waals surface area contributed by atoms with Crippen molar-refractivity contribution < 1.29 is 52.7 Å². The molecule has 1 aromatic rings. The van der Waals surface area contributed by atoms with Crippen LogP contribution < -0.4 is 14.2 Å². The molecular weight excluding hydrogens is 897 g/mol. The maximum atomic E-state index is 13.2. The van der Waals surface area contributed by atoms with E-state index in [1.54, 1.807) is 12.1 Å². The molecular formula is C60H102O11. The maximum absolute atomic E-state index is 13.2. The molecule has 0 aliphatic heterocycles. The van der Waals surface area contributed by atoms with Crippen LogP contribution in [0.5, 0.6) is 17.2 Å². The standard InChI is InChI=1S/C60H102O11/c1-7-9-11-13-15-17-19-21-23-25-27-29-31-33-35-41-56(62)68-48-53(49-69-57(63)42-36-34-32-30-28-26-24-22-20-18-16-14-12-10-8-2)70-58(64)43-50(3)39-37-38-40-51(4)44-59(65)71-60-54(66-5)45-52(47-61)46-55(60)67-6/h21-24,45-46,50-51,53,61H,7-20,25-44,47-49H2,1-6H3/b23-21-,24-22-. The molecule has 0 radical (unpaired) electrons. The van der Waals surface area contributed by atoms with Crippen LogP contribution in [0.15, 0.2) is 36.4 Å². The monoisotopic (exact) mass is 999 g/mol. The van der Waals surface area contributed by atoms with Gasteiger partial charge in [0.2, 0.25) is 5.75 Å². The fraction of sp³-hybridized carbons (Fsp3) is 0.767. The van der Waals surface area contributed by atoms with Gasteiger partial charge in [0.25, 0.3) is 0 Å². The van der Waals surface area contributed by atoms with Crippen molar-refractivity contribution >= 4 is 23.9 Å². The molecule has 0 aliphatic rings. The predicted octanol–water partition coefficient (Wildman–Crippen LogP) is 15.8. The molecule has 2 unspecified atom stereocenters. The number of benzene rings is 1. The van der Waals surface area contributed by atoms with Crippen LogP contribution in [0.2, 0.25) is 0 Å². The summed E-state index contributed by atoms with van der Waals surface area (Å²) in [7, 11) is 2.93. The summed E-state index contributed by atoms with van der Waals surface area (Å²) >= 11 is 0. The average molecular weight is 999 g/mol. The lowest BCUT2D eigenvalue weighted by Gasteiger charge is -2.19. The molecule has 71 heavy (non-hydrogen) atoms. The van der Waals surface area contributed by atoms with Crippen molar-refractivity contribution in [2.75, 3.05) is 27.4 Å². The summed E-state index contributed by atoms with van der Waals surface area (Å²) in [4.78, 5) is 51.5. The van der Waals surface area contributed by atoms with Gasteiger partial charge in [-0.05, 0) is 93.7 Å². The Balaban J connectivity index is 2.50. The van der Waals surface area contributed by atoms with Gasteiger partial charge < -0.3 is 33.5 Å². The van der Waals surface area contributed by atoms with Gasteiger partial charge in [0.1, 0.15) is 13.2 Å². The van der Waals surface area contributed by atoms with E-state index >= 15 is 0 Å². The minimum absolute atomic E-state index is 0.0394. The second-order valence-electron chi connectivity index (χ2n) is 20.0. The van der Waals surface area contributed by atoms with Gasteiger partial charge in [-0.2, -0.15) is 0 Å². The highest BCUT2D eigenvalue weighted by Crippen LogP contribution is 2.39. The Morgan fingerprint density at radius 2 is 0.859 bits per heavy atom. The number of methoxy groups -OCH3 is 2. The van der Waals surface area contributed by atoms with Gasteiger partial charge in [-0.25, -0.2) is 0 Å².